The molecule has 1 aliphatic heterocycles. The Morgan fingerprint density at radius 2 is 2.18 bits per heavy atom. The highest BCUT2D eigenvalue weighted by Crippen LogP contribution is 2.20. The van der Waals surface area contributed by atoms with Gasteiger partial charge in [0.05, 0.1) is 31.4 Å². The summed E-state index contributed by atoms with van der Waals surface area (Å²) in [5, 5.41) is 13.8. The lowest BCUT2D eigenvalue weighted by molar-refractivity contribution is -0.0669. The fourth-order valence-corrected chi connectivity index (χ4v) is 2.95. The van der Waals surface area contributed by atoms with Crippen LogP contribution in [0.4, 0.5) is 0 Å². The SMILES string of the molecule is CCC(CC)n1nc(C(=O)N2CC(CO)OCC2C)cc1C. The van der Waals surface area contributed by atoms with Gasteiger partial charge in [-0.3, -0.25) is 9.48 Å². The Balaban J connectivity index is 2.20. The van der Waals surface area contributed by atoms with E-state index >= 15 is 0 Å². The van der Waals surface area contributed by atoms with E-state index < -0.39 is 0 Å². The van der Waals surface area contributed by atoms with E-state index in [0.717, 1.165) is 18.5 Å². The number of morpholine rings is 1. The van der Waals surface area contributed by atoms with Gasteiger partial charge in [0.15, 0.2) is 5.69 Å². The summed E-state index contributed by atoms with van der Waals surface area (Å²) in [6.45, 7) is 8.99. The standard InChI is InChI=1S/C16H27N3O3/c1-5-13(6-2)19-11(3)7-15(17-19)16(21)18-8-14(9-20)22-10-12(18)4/h7,12-14,20H,5-6,8-10H2,1-4H3. The largest absolute Gasteiger partial charge is 0.394 e. The van der Waals surface area contributed by atoms with Gasteiger partial charge < -0.3 is 14.7 Å². The van der Waals surface area contributed by atoms with Crippen LogP contribution in [0, 0.1) is 6.92 Å². The van der Waals surface area contributed by atoms with Crippen LogP contribution in [0.25, 0.3) is 0 Å². The van der Waals surface area contributed by atoms with Gasteiger partial charge >= 0.3 is 0 Å². The predicted octanol–water partition coefficient (Wildman–Crippen LogP) is 1.77. The van der Waals surface area contributed by atoms with Crippen LogP contribution in [0.3, 0.4) is 0 Å². The van der Waals surface area contributed by atoms with Gasteiger partial charge in [0.1, 0.15) is 0 Å². The van der Waals surface area contributed by atoms with Crippen molar-refractivity contribution in [1.29, 1.82) is 0 Å². The first-order valence-corrected chi connectivity index (χ1v) is 8.11. The normalized spacial score (nSPS) is 22.4. The molecule has 6 heteroatoms. The van der Waals surface area contributed by atoms with Crippen molar-refractivity contribution >= 4 is 5.91 Å². The molecule has 22 heavy (non-hydrogen) atoms. The number of aliphatic hydroxyl groups excluding tert-OH is 1. The zero-order valence-corrected chi connectivity index (χ0v) is 14.0. The number of carbonyl (C=O) groups is 1. The van der Waals surface area contributed by atoms with Gasteiger partial charge in [-0.05, 0) is 32.8 Å². The van der Waals surface area contributed by atoms with Crippen molar-refractivity contribution in [2.24, 2.45) is 0 Å². The molecule has 124 valence electrons. The van der Waals surface area contributed by atoms with E-state index in [9.17, 15) is 9.90 Å². The molecule has 1 saturated heterocycles. The maximum atomic E-state index is 12.7. The number of rotatable bonds is 5. The summed E-state index contributed by atoms with van der Waals surface area (Å²) in [7, 11) is 0. The Hall–Kier alpha value is -1.40. The van der Waals surface area contributed by atoms with Crippen molar-refractivity contribution in [2.45, 2.75) is 58.7 Å². The van der Waals surface area contributed by atoms with E-state index in [1.165, 1.54) is 0 Å². The van der Waals surface area contributed by atoms with E-state index in [1.807, 2.05) is 24.6 Å². The predicted molar refractivity (Wildman–Crippen MR) is 83.9 cm³/mol. The number of aliphatic hydroxyl groups is 1. The van der Waals surface area contributed by atoms with E-state index in [-0.39, 0.29) is 24.7 Å². The Bertz CT molecular complexity index is 511. The maximum Gasteiger partial charge on any atom is 0.274 e. The second-order valence-corrected chi connectivity index (χ2v) is 6.03. The summed E-state index contributed by atoms with van der Waals surface area (Å²) in [4.78, 5) is 14.5. The van der Waals surface area contributed by atoms with Crippen LogP contribution in [0.1, 0.15) is 55.8 Å². The zero-order valence-electron chi connectivity index (χ0n) is 14.0. The van der Waals surface area contributed by atoms with Gasteiger partial charge in [0.2, 0.25) is 0 Å². The Labute approximate surface area is 132 Å². The first-order valence-electron chi connectivity index (χ1n) is 8.11. The van der Waals surface area contributed by atoms with Crippen molar-refractivity contribution in [3.63, 3.8) is 0 Å². The lowest BCUT2D eigenvalue weighted by atomic mass is 10.1. The third-order valence-corrected chi connectivity index (χ3v) is 4.40. The molecule has 0 aliphatic carbocycles. The highest BCUT2D eigenvalue weighted by molar-refractivity contribution is 5.92. The minimum Gasteiger partial charge on any atom is -0.394 e. The summed E-state index contributed by atoms with van der Waals surface area (Å²) in [6, 6.07) is 2.18. The number of hydrogen-bond acceptors (Lipinski definition) is 4. The minimum atomic E-state index is -0.303. The van der Waals surface area contributed by atoms with Gasteiger partial charge in [-0.15, -0.1) is 0 Å². The third-order valence-electron chi connectivity index (χ3n) is 4.40. The topological polar surface area (TPSA) is 67.6 Å². The highest BCUT2D eigenvalue weighted by atomic mass is 16.5. The van der Waals surface area contributed by atoms with Gasteiger partial charge in [0.25, 0.3) is 5.91 Å². The van der Waals surface area contributed by atoms with Gasteiger partial charge in [-0.2, -0.15) is 5.10 Å². The second kappa shape index (κ2) is 7.24. The molecule has 0 spiro atoms. The fourth-order valence-electron chi connectivity index (χ4n) is 2.95. The first kappa shape index (κ1) is 17.0. The molecule has 2 heterocycles. The molecule has 1 aliphatic rings. The van der Waals surface area contributed by atoms with Crippen LogP contribution in [0.15, 0.2) is 6.07 Å². The van der Waals surface area contributed by atoms with Gasteiger partial charge in [-0.25, -0.2) is 0 Å². The minimum absolute atomic E-state index is 0.00565. The summed E-state index contributed by atoms with van der Waals surface area (Å²) in [5.41, 5.74) is 1.49. The van der Waals surface area contributed by atoms with Crippen LogP contribution < -0.4 is 0 Å². The summed E-state index contributed by atoms with van der Waals surface area (Å²) in [6.07, 6.45) is 1.68. The average Bonchev–Trinajstić information content (AvgIpc) is 2.90. The number of aryl methyl sites for hydroxylation is 1. The molecule has 1 fully saturated rings. The zero-order chi connectivity index (χ0) is 16.3. The molecule has 2 rings (SSSR count). The highest BCUT2D eigenvalue weighted by Gasteiger charge is 2.31. The van der Waals surface area contributed by atoms with Crippen molar-refractivity contribution in [2.75, 3.05) is 19.8 Å². The summed E-state index contributed by atoms with van der Waals surface area (Å²) >= 11 is 0. The molecule has 1 amide bonds. The lowest BCUT2D eigenvalue weighted by Gasteiger charge is -2.37. The number of amides is 1. The van der Waals surface area contributed by atoms with Crippen molar-refractivity contribution in [3.05, 3.63) is 17.5 Å². The molecule has 0 aromatic carbocycles. The maximum absolute atomic E-state index is 12.7. The van der Waals surface area contributed by atoms with Crippen LogP contribution in [0.5, 0.6) is 0 Å². The third kappa shape index (κ3) is 3.33. The summed E-state index contributed by atoms with van der Waals surface area (Å²) < 4.78 is 7.45. The Kier molecular flexibility index (Phi) is 5.58. The van der Waals surface area contributed by atoms with E-state index in [1.54, 1.807) is 4.90 Å². The molecule has 2 unspecified atom stereocenters. The quantitative estimate of drug-likeness (QED) is 0.900. The Morgan fingerprint density at radius 1 is 1.50 bits per heavy atom. The molecule has 6 nitrogen and oxygen atoms in total. The van der Waals surface area contributed by atoms with Crippen molar-refractivity contribution in [3.8, 4) is 0 Å². The first-order chi connectivity index (χ1) is 10.5. The average molecular weight is 309 g/mol. The van der Waals surface area contributed by atoms with E-state index in [4.69, 9.17) is 4.74 Å². The molecule has 1 N–H and O–H groups in total. The molecule has 0 radical (unpaired) electrons. The van der Waals surface area contributed by atoms with Crippen LogP contribution in [-0.2, 0) is 4.74 Å². The smallest absolute Gasteiger partial charge is 0.274 e. The van der Waals surface area contributed by atoms with Crippen molar-refractivity contribution < 1.29 is 14.6 Å². The van der Waals surface area contributed by atoms with Gasteiger partial charge in [0, 0.05) is 12.2 Å². The molecular weight excluding hydrogens is 282 g/mol. The second-order valence-electron chi connectivity index (χ2n) is 6.03. The lowest BCUT2D eigenvalue weighted by Crippen LogP contribution is -2.52. The van der Waals surface area contributed by atoms with E-state index in [0.29, 0.717) is 24.9 Å². The molecular formula is C16H27N3O3. The molecule has 1 aromatic heterocycles. The molecule has 0 saturated carbocycles. The fraction of sp³-hybridized carbons (Fsp3) is 0.750. The number of carbonyl (C=O) groups excluding carboxylic acids is 1. The van der Waals surface area contributed by atoms with Crippen LogP contribution >= 0.6 is 0 Å². The molecule has 0 bridgehead atoms. The van der Waals surface area contributed by atoms with Crippen molar-refractivity contribution in [1.82, 2.24) is 14.7 Å². The van der Waals surface area contributed by atoms with Gasteiger partial charge in [-0.1, -0.05) is 13.8 Å². The molecule has 2 atom stereocenters. The van der Waals surface area contributed by atoms with Crippen LogP contribution in [0.2, 0.25) is 0 Å². The molecule has 1 aromatic rings. The van der Waals surface area contributed by atoms with Crippen LogP contribution in [-0.4, -0.2) is 57.6 Å². The number of ether oxygens (including phenoxy) is 1. The Morgan fingerprint density at radius 3 is 2.77 bits per heavy atom. The number of nitrogens with zero attached hydrogens (tertiary/aromatic N) is 3. The number of hydrogen-bond donors (Lipinski definition) is 1. The van der Waals surface area contributed by atoms with E-state index in [2.05, 4.69) is 18.9 Å². The summed E-state index contributed by atoms with van der Waals surface area (Å²) in [5.74, 6) is -0.0814. The monoisotopic (exact) mass is 309 g/mol. The number of aromatic nitrogens is 2.